The average molecular weight is 289 g/mol. The molecule has 2 N–H and O–H groups in total. The number of esters is 1. The Balaban J connectivity index is 2.59. The van der Waals surface area contributed by atoms with Gasteiger partial charge in [-0.3, -0.25) is 4.79 Å². The Kier molecular flexibility index (Phi) is 6.51. The van der Waals surface area contributed by atoms with Crippen molar-refractivity contribution >= 4 is 5.97 Å². The minimum absolute atomic E-state index is 0.153. The summed E-state index contributed by atoms with van der Waals surface area (Å²) in [4.78, 5) is 22.4. The first-order valence-electron chi connectivity index (χ1n) is 6.96. The zero-order valence-electron chi connectivity index (χ0n) is 12.1. The van der Waals surface area contributed by atoms with E-state index in [4.69, 9.17) is 9.47 Å². The van der Waals surface area contributed by atoms with Gasteiger partial charge in [0, 0.05) is 0 Å². The van der Waals surface area contributed by atoms with Gasteiger partial charge in [-0.25, -0.2) is 0 Å². The number of hydrogen-bond donors (Lipinski definition) is 2. The highest BCUT2D eigenvalue weighted by atomic mass is 16.6. The van der Waals surface area contributed by atoms with Gasteiger partial charge in [0.2, 0.25) is 0 Å². The highest BCUT2D eigenvalue weighted by Crippen LogP contribution is 2.24. The Morgan fingerprint density at radius 2 is 1.90 bits per heavy atom. The Hall–Kier alpha value is -1.05. The molecule has 0 aromatic heterocycles. The maximum absolute atomic E-state index is 11.8. The molecule has 0 aromatic rings. The molecule has 116 valence electrons. The Labute approximate surface area is 118 Å². The number of rotatable bonds is 6. The molecule has 7 nitrogen and oxygen atoms in total. The van der Waals surface area contributed by atoms with Crippen LogP contribution in [0.5, 0.6) is 0 Å². The van der Waals surface area contributed by atoms with Crippen LogP contribution in [0.4, 0.5) is 0 Å². The van der Waals surface area contributed by atoms with Gasteiger partial charge in [-0.15, -0.1) is 0 Å². The van der Waals surface area contributed by atoms with E-state index in [2.05, 4.69) is 5.18 Å². The van der Waals surface area contributed by atoms with Crippen molar-refractivity contribution < 1.29 is 24.5 Å². The summed E-state index contributed by atoms with van der Waals surface area (Å²) in [7, 11) is 0. The van der Waals surface area contributed by atoms with Crippen LogP contribution in [0.3, 0.4) is 0 Å². The van der Waals surface area contributed by atoms with Gasteiger partial charge < -0.3 is 19.7 Å². The second-order valence-electron chi connectivity index (χ2n) is 5.10. The predicted octanol–water partition coefficient (Wildman–Crippen LogP) is 0.610. The molecule has 0 spiro atoms. The van der Waals surface area contributed by atoms with Gasteiger partial charge in [0.25, 0.3) is 0 Å². The van der Waals surface area contributed by atoms with Gasteiger partial charge >= 0.3 is 5.97 Å². The normalized spacial score (nSPS) is 34.0. The molecule has 0 aliphatic carbocycles. The van der Waals surface area contributed by atoms with Crippen LogP contribution < -0.4 is 0 Å². The van der Waals surface area contributed by atoms with Gasteiger partial charge in [-0.1, -0.05) is 19.0 Å². The number of carbonyl (C=O) groups is 1. The monoisotopic (exact) mass is 289 g/mol. The van der Waals surface area contributed by atoms with E-state index in [9.17, 15) is 19.9 Å². The molecule has 0 amide bonds. The Bertz CT molecular complexity index is 333. The van der Waals surface area contributed by atoms with E-state index in [0.29, 0.717) is 12.8 Å². The minimum Gasteiger partial charge on any atom is -0.463 e. The molecule has 1 aliphatic rings. The standard InChI is InChI=1S/C13H23NO6/c1-4-8(5-2)13(17)19-6-9-12(16)10(14-18)11(15)7(3)20-9/h7-12,15-16H,4-6H2,1-3H3. The van der Waals surface area contributed by atoms with Gasteiger partial charge in [-0.2, -0.15) is 4.91 Å². The number of aliphatic hydroxyl groups excluding tert-OH is 2. The van der Waals surface area contributed by atoms with E-state index >= 15 is 0 Å². The van der Waals surface area contributed by atoms with Crippen LogP contribution in [0.2, 0.25) is 0 Å². The lowest BCUT2D eigenvalue weighted by Gasteiger charge is -2.38. The fraction of sp³-hybridized carbons (Fsp3) is 0.923. The molecule has 1 rings (SSSR count). The molecule has 7 heteroatoms. The third kappa shape index (κ3) is 3.74. The van der Waals surface area contributed by atoms with Crippen molar-refractivity contribution in [3.63, 3.8) is 0 Å². The first-order valence-corrected chi connectivity index (χ1v) is 6.96. The maximum atomic E-state index is 11.8. The summed E-state index contributed by atoms with van der Waals surface area (Å²) in [6.45, 7) is 5.21. The van der Waals surface area contributed by atoms with Crippen LogP contribution >= 0.6 is 0 Å². The molecule has 5 atom stereocenters. The van der Waals surface area contributed by atoms with Crippen molar-refractivity contribution in [2.45, 2.75) is 64.1 Å². The van der Waals surface area contributed by atoms with Crippen molar-refractivity contribution in [2.24, 2.45) is 11.1 Å². The van der Waals surface area contributed by atoms with E-state index in [0.717, 1.165) is 0 Å². The van der Waals surface area contributed by atoms with E-state index in [1.165, 1.54) is 0 Å². The number of nitrogens with zero attached hydrogens (tertiary/aromatic N) is 1. The second kappa shape index (κ2) is 7.66. The fourth-order valence-electron chi connectivity index (χ4n) is 2.30. The lowest BCUT2D eigenvalue weighted by molar-refractivity contribution is -0.192. The van der Waals surface area contributed by atoms with Crippen molar-refractivity contribution in [3.05, 3.63) is 4.91 Å². The maximum Gasteiger partial charge on any atom is 0.309 e. The minimum atomic E-state index is -1.28. The predicted molar refractivity (Wildman–Crippen MR) is 71.0 cm³/mol. The first-order chi connectivity index (χ1) is 9.46. The topological polar surface area (TPSA) is 105 Å². The van der Waals surface area contributed by atoms with Gasteiger partial charge in [0.15, 0.2) is 0 Å². The Morgan fingerprint density at radius 1 is 1.30 bits per heavy atom. The summed E-state index contributed by atoms with van der Waals surface area (Å²) in [5.41, 5.74) is 0. The Morgan fingerprint density at radius 3 is 2.40 bits per heavy atom. The molecule has 1 saturated heterocycles. The van der Waals surface area contributed by atoms with Gasteiger partial charge in [0.1, 0.15) is 31.0 Å². The number of hydrogen-bond acceptors (Lipinski definition) is 7. The van der Waals surface area contributed by atoms with Crippen molar-refractivity contribution in [1.29, 1.82) is 0 Å². The molecule has 20 heavy (non-hydrogen) atoms. The summed E-state index contributed by atoms with van der Waals surface area (Å²) in [6, 6.07) is -1.17. The van der Waals surface area contributed by atoms with Gasteiger partial charge in [-0.05, 0) is 19.8 Å². The van der Waals surface area contributed by atoms with E-state index < -0.39 is 30.5 Å². The highest BCUT2D eigenvalue weighted by molar-refractivity contribution is 5.72. The quantitative estimate of drug-likeness (QED) is 0.548. The largest absolute Gasteiger partial charge is 0.463 e. The van der Waals surface area contributed by atoms with E-state index in [-0.39, 0.29) is 18.5 Å². The third-order valence-electron chi connectivity index (χ3n) is 3.78. The summed E-state index contributed by atoms with van der Waals surface area (Å²) < 4.78 is 10.5. The van der Waals surface area contributed by atoms with Gasteiger partial charge in [0.05, 0.1) is 12.0 Å². The first kappa shape index (κ1) is 17.0. The van der Waals surface area contributed by atoms with Crippen LogP contribution in [0, 0.1) is 10.8 Å². The van der Waals surface area contributed by atoms with Crippen molar-refractivity contribution in [1.82, 2.24) is 0 Å². The summed E-state index contributed by atoms with van der Waals surface area (Å²) >= 11 is 0. The lowest BCUT2D eigenvalue weighted by Crippen LogP contribution is -2.57. The molecule has 0 radical (unpaired) electrons. The zero-order valence-corrected chi connectivity index (χ0v) is 12.1. The van der Waals surface area contributed by atoms with Crippen LogP contribution in [0.1, 0.15) is 33.6 Å². The number of aliphatic hydroxyl groups is 2. The average Bonchev–Trinajstić information content (AvgIpc) is 2.43. The molecule has 1 aliphatic heterocycles. The highest BCUT2D eigenvalue weighted by Gasteiger charge is 2.44. The second-order valence-corrected chi connectivity index (χ2v) is 5.10. The van der Waals surface area contributed by atoms with E-state index in [1.54, 1.807) is 6.92 Å². The third-order valence-corrected chi connectivity index (χ3v) is 3.78. The number of carbonyl (C=O) groups excluding carboxylic acids is 1. The van der Waals surface area contributed by atoms with E-state index in [1.807, 2.05) is 13.8 Å². The molecule has 0 aromatic carbocycles. The fourth-order valence-corrected chi connectivity index (χ4v) is 2.30. The SMILES string of the molecule is CCC(CC)C(=O)OCC1OC(C)C(O)C(N=O)C1O. The molecule has 0 bridgehead atoms. The molecule has 5 unspecified atom stereocenters. The van der Waals surface area contributed by atoms with Crippen LogP contribution in [0.15, 0.2) is 5.18 Å². The molecule has 1 heterocycles. The van der Waals surface area contributed by atoms with Crippen molar-refractivity contribution in [3.8, 4) is 0 Å². The van der Waals surface area contributed by atoms with Crippen LogP contribution in [-0.2, 0) is 14.3 Å². The smallest absolute Gasteiger partial charge is 0.309 e. The lowest BCUT2D eigenvalue weighted by atomic mass is 9.94. The van der Waals surface area contributed by atoms with Crippen LogP contribution in [-0.4, -0.2) is 53.2 Å². The summed E-state index contributed by atoms with van der Waals surface area (Å²) in [5.74, 6) is -0.529. The zero-order chi connectivity index (χ0) is 15.3. The van der Waals surface area contributed by atoms with Crippen molar-refractivity contribution in [2.75, 3.05) is 6.61 Å². The molecule has 1 fully saturated rings. The number of ether oxygens (including phenoxy) is 2. The number of nitroso groups, excluding NO2 is 1. The summed E-state index contributed by atoms with van der Waals surface area (Å²) in [6.07, 6.45) is -2.59. The molecular weight excluding hydrogens is 266 g/mol. The molecular formula is C13H23NO6. The summed E-state index contributed by atoms with van der Waals surface area (Å²) in [5, 5.41) is 22.3. The molecule has 0 saturated carbocycles. The van der Waals surface area contributed by atoms with Crippen LogP contribution in [0.25, 0.3) is 0 Å².